The summed E-state index contributed by atoms with van der Waals surface area (Å²) in [6.45, 7) is 9.61. The first kappa shape index (κ1) is 20.3. The molecule has 0 aliphatic heterocycles. The minimum atomic E-state index is 0.329. The van der Waals surface area contributed by atoms with Crippen LogP contribution in [0, 0.1) is 41.9 Å². The Morgan fingerprint density at radius 2 is 2.03 bits per heavy atom. The molecule has 0 heteroatoms. The van der Waals surface area contributed by atoms with Crippen LogP contribution in [0.2, 0.25) is 0 Å². The van der Waals surface area contributed by atoms with Crippen molar-refractivity contribution < 1.29 is 0 Å². The Labute approximate surface area is 190 Å². The summed E-state index contributed by atoms with van der Waals surface area (Å²) in [6, 6.07) is 7.49. The zero-order valence-electron chi connectivity index (χ0n) is 20.3. The Morgan fingerprint density at radius 3 is 2.68 bits per heavy atom. The topological polar surface area (TPSA) is 0 Å². The summed E-state index contributed by atoms with van der Waals surface area (Å²) >= 11 is 0. The van der Waals surface area contributed by atoms with E-state index in [1.807, 2.05) is 5.57 Å². The van der Waals surface area contributed by atoms with E-state index in [0.717, 1.165) is 29.1 Å². The summed E-state index contributed by atoms with van der Waals surface area (Å²) in [7, 11) is 0. The van der Waals surface area contributed by atoms with Crippen LogP contribution in [0.5, 0.6) is 0 Å². The van der Waals surface area contributed by atoms with Crippen molar-refractivity contribution in [1.29, 1.82) is 0 Å². The number of allylic oxidation sites excluding steroid dienone is 4. The molecule has 3 fully saturated rings. The van der Waals surface area contributed by atoms with E-state index >= 15 is 0 Å². The Kier molecular flexibility index (Phi) is 4.65. The molecular formula is C31H42. The van der Waals surface area contributed by atoms with E-state index in [2.05, 4.69) is 58.0 Å². The summed E-state index contributed by atoms with van der Waals surface area (Å²) in [4.78, 5) is 0. The molecule has 0 heterocycles. The van der Waals surface area contributed by atoms with Gasteiger partial charge in [0.05, 0.1) is 0 Å². The van der Waals surface area contributed by atoms with Gasteiger partial charge in [-0.1, -0.05) is 87.9 Å². The fourth-order valence-corrected chi connectivity index (χ4v) is 8.90. The van der Waals surface area contributed by atoms with Crippen molar-refractivity contribution in [3.63, 3.8) is 0 Å². The first-order valence-electron chi connectivity index (χ1n) is 13.6. The quantitative estimate of drug-likeness (QED) is 0.419. The maximum Gasteiger partial charge on any atom is 0.0211 e. The van der Waals surface area contributed by atoms with E-state index < -0.39 is 0 Å². The van der Waals surface area contributed by atoms with Crippen LogP contribution in [-0.2, 0) is 5.41 Å². The standard InChI is InChI=1S/C31H42/c1-5-7-8-22(6-2)18-31(28-17-23-13-14-30(23)19-29(28)30)26-15-20(3)9-11-24(26)25-12-10-21(4)16-27(25)31/h9-12,15,21-23,28-29H,5-8,13-14,16-19H2,1-4H3. The molecule has 1 aromatic rings. The zero-order chi connectivity index (χ0) is 21.4. The van der Waals surface area contributed by atoms with E-state index in [-0.39, 0.29) is 0 Å². The summed E-state index contributed by atoms with van der Waals surface area (Å²) in [6.07, 6.45) is 19.4. The van der Waals surface area contributed by atoms with Crippen LogP contribution in [0.4, 0.5) is 0 Å². The third kappa shape index (κ3) is 2.72. The van der Waals surface area contributed by atoms with Gasteiger partial charge in [-0.25, -0.2) is 0 Å². The highest BCUT2D eigenvalue weighted by Crippen LogP contribution is 2.81. The molecule has 0 amide bonds. The molecule has 0 nitrogen and oxygen atoms in total. The van der Waals surface area contributed by atoms with Crippen molar-refractivity contribution in [3.05, 3.63) is 52.6 Å². The van der Waals surface area contributed by atoms with Crippen LogP contribution in [0.25, 0.3) is 5.57 Å². The molecule has 1 spiro atoms. The largest absolute Gasteiger partial charge is 0.0808 e. The molecule has 166 valence electrons. The van der Waals surface area contributed by atoms with Gasteiger partial charge in [-0.15, -0.1) is 0 Å². The predicted octanol–water partition coefficient (Wildman–Crippen LogP) is 8.64. The van der Waals surface area contributed by atoms with Gasteiger partial charge < -0.3 is 0 Å². The van der Waals surface area contributed by atoms with Gasteiger partial charge in [0.15, 0.2) is 0 Å². The van der Waals surface area contributed by atoms with Crippen molar-refractivity contribution in [2.45, 2.75) is 97.3 Å². The molecule has 6 rings (SSSR count). The maximum atomic E-state index is 2.63. The third-order valence-corrected chi connectivity index (χ3v) is 10.7. The molecule has 5 aliphatic rings. The molecule has 3 saturated carbocycles. The Bertz CT molecular complexity index is 947. The molecule has 0 radical (unpaired) electrons. The van der Waals surface area contributed by atoms with Crippen molar-refractivity contribution in [2.75, 3.05) is 0 Å². The van der Waals surface area contributed by atoms with Gasteiger partial charge >= 0.3 is 0 Å². The van der Waals surface area contributed by atoms with Crippen LogP contribution in [-0.4, -0.2) is 0 Å². The Balaban J connectivity index is 1.52. The smallest absolute Gasteiger partial charge is 0.0211 e. The second-order valence-corrected chi connectivity index (χ2v) is 12.2. The van der Waals surface area contributed by atoms with Crippen LogP contribution < -0.4 is 0 Å². The molecule has 1 aromatic carbocycles. The van der Waals surface area contributed by atoms with Crippen molar-refractivity contribution in [2.24, 2.45) is 35.0 Å². The second kappa shape index (κ2) is 7.10. The number of unbranched alkanes of at least 4 members (excludes halogenated alkanes) is 1. The molecule has 0 N–H and O–H groups in total. The average molecular weight is 415 g/mol. The average Bonchev–Trinajstić information content (AvgIpc) is 3.42. The van der Waals surface area contributed by atoms with Crippen LogP contribution in [0.15, 0.2) is 35.9 Å². The molecule has 0 aromatic heterocycles. The minimum absolute atomic E-state index is 0.329. The lowest BCUT2D eigenvalue weighted by molar-refractivity contribution is 0.157. The molecule has 7 atom stereocenters. The predicted molar refractivity (Wildman–Crippen MR) is 132 cm³/mol. The maximum absolute atomic E-state index is 2.63. The van der Waals surface area contributed by atoms with Crippen LogP contribution in [0.3, 0.4) is 0 Å². The first-order chi connectivity index (χ1) is 15.0. The van der Waals surface area contributed by atoms with Crippen LogP contribution >= 0.6 is 0 Å². The van der Waals surface area contributed by atoms with E-state index in [0.29, 0.717) is 11.3 Å². The molecule has 0 bridgehead atoms. The number of hydrogen-bond donors (Lipinski definition) is 0. The normalized spacial score (nSPS) is 40.1. The fraction of sp³-hybridized carbons (Fsp3) is 0.677. The third-order valence-electron chi connectivity index (χ3n) is 10.7. The van der Waals surface area contributed by atoms with Gasteiger partial charge in [-0.05, 0) is 97.2 Å². The zero-order valence-corrected chi connectivity index (χ0v) is 20.3. The van der Waals surface area contributed by atoms with E-state index in [4.69, 9.17) is 0 Å². The van der Waals surface area contributed by atoms with Gasteiger partial charge in [-0.3, -0.25) is 0 Å². The van der Waals surface area contributed by atoms with Gasteiger partial charge in [0.1, 0.15) is 0 Å². The molecule has 0 saturated heterocycles. The number of benzene rings is 1. The summed E-state index contributed by atoms with van der Waals surface area (Å²) in [5.74, 6) is 4.55. The monoisotopic (exact) mass is 414 g/mol. The minimum Gasteiger partial charge on any atom is -0.0808 e. The van der Waals surface area contributed by atoms with Crippen molar-refractivity contribution in [1.82, 2.24) is 0 Å². The van der Waals surface area contributed by atoms with Gasteiger partial charge in [0, 0.05) is 5.41 Å². The van der Waals surface area contributed by atoms with E-state index in [1.54, 1.807) is 29.5 Å². The molecular weight excluding hydrogens is 372 g/mol. The van der Waals surface area contributed by atoms with E-state index in [9.17, 15) is 0 Å². The van der Waals surface area contributed by atoms with Gasteiger partial charge in [0.2, 0.25) is 0 Å². The molecule has 31 heavy (non-hydrogen) atoms. The lowest BCUT2D eigenvalue weighted by Crippen LogP contribution is -2.39. The Hall–Kier alpha value is -1.30. The summed E-state index contributed by atoms with van der Waals surface area (Å²) in [5, 5.41) is 0. The van der Waals surface area contributed by atoms with Gasteiger partial charge in [0.25, 0.3) is 0 Å². The first-order valence-corrected chi connectivity index (χ1v) is 13.6. The number of hydrogen-bond acceptors (Lipinski definition) is 0. The Morgan fingerprint density at radius 1 is 1.16 bits per heavy atom. The number of aryl methyl sites for hydroxylation is 1. The van der Waals surface area contributed by atoms with Crippen molar-refractivity contribution in [3.8, 4) is 0 Å². The van der Waals surface area contributed by atoms with Crippen LogP contribution in [0.1, 0.15) is 102 Å². The number of fused-ring (bicyclic) bond motifs is 2. The highest BCUT2D eigenvalue weighted by molar-refractivity contribution is 5.87. The number of rotatable bonds is 7. The SMILES string of the molecule is CCCCC(CC)CC1(C2CC3CCC34CC24)C2=C(C=CC(C)C2)c2ccc(C)cc21. The molecule has 5 aliphatic carbocycles. The lowest BCUT2D eigenvalue weighted by atomic mass is 9.59. The second-order valence-electron chi connectivity index (χ2n) is 12.2. The summed E-state index contributed by atoms with van der Waals surface area (Å²) in [5.41, 5.74) is 9.44. The lowest BCUT2D eigenvalue weighted by Gasteiger charge is -2.45. The van der Waals surface area contributed by atoms with Crippen molar-refractivity contribution >= 4 is 5.57 Å². The fourth-order valence-electron chi connectivity index (χ4n) is 8.90. The summed E-state index contributed by atoms with van der Waals surface area (Å²) < 4.78 is 0. The van der Waals surface area contributed by atoms with Gasteiger partial charge in [-0.2, -0.15) is 0 Å². The highest BCUT2D eigenvalue weighted by Gasteiger charge is 2.74. The highest BCUT2D eigenvalue weighted by atomic mass is 14.8. The molecule has 7 unspecified atom stereocenters. The van der Waals surface area contributed by atoms with E-state index in [1.165, 1.54) is 56.9 Å².